The molecule has 22 heteroatoms. The van der Waals surface area contributed by atoms with Crippen molar-refractivity contribution in [2.24, 2.45) is 55.5 Å². The van der Waals surface area contributed by atoms with Gasteiger partial charge in [0.2, 0.25) is 11.6 Å². The van der Waals surface area contributed by atoms with E-state index in [1.165, 1.54) is 15.6 Å². The monoisotopic (exact) mass is 1020 g/mol. The minimum absolute atomic E-state index is 0.0434. The Bertz CT molecular complexity index is 2070. The Labute approximate surface area is 420 Å². The maximum atomic E-state index is 14.6. The molecule has 3 aliphatic heterocycles. The zero-order valence-electron chi connectivity index (χ0n) is 42.8. The number of hydrogen-bond acceptors (Lipinski definition) is 20. The summed E-state index contributed by atoms with van der Waals surface area (Å²) in [5, 5.41) is 99.5. The summed E-state index contributed by atoms with van der Waals surface area (Å²) in [7, 11) is 0. The number of aliphatic hydroxyl groups is 8. The van der Waals surface area contributed by atoms with E-state index in [0.29, 0.717) is 25.2 Å². The van der Waals surface area contributed by atoms with Crippen LogP contribution in [0.1, 0.15) is 126 Å². The third kappa shape index (κ3) is 9.55. The summed E-state index contributed by atoms with van der Waals surface area (Å²) in [6.45, 7) is 15.3. The van der Waals surface area contributed by atoms with E-state index >= 15 is 0 Å². The third-order valence-electron chi connectivity index (χ3n) is 19.6. The minimum Gasteiger partial charge on any atom is -0.569 e. The van der Waals surface area contributed by atoms with Gasteiger partial charge in [-0.05, 0) is 104 Å². The molecule has 0 aromatic carbocycles. The molecule has 408 valence electrons. The van der Waals surface area contributed by atoms with Crippen molar-refractivity contribution in [2.75, 3.05) is 39.4 Å². The zero-order chi connectivity index (χ0) is 52.5. The van der Waals surface area contributed by atoms with E-state index in [-0.39, 0.29) is 89.0 Å². The molecule has 0 aromatic rings. The summed E-state index contributed by atoms with van der Waals surface area (Å²) >= 11 is 0. The number of piperazine rings is 1. The standard InChI is InChI=1S/C50H80N4O18/c1-45(2)16-18-50(44(65)70-42-40(63)38(61)36(59)29(25-55)67-42)19-17-48(6)27(28(50)24-45)8-9-32-47(5)14-13-33(46(3,4)31(47)12-15-49(32,48)7)69-34(57)10-11-35(58)72-53-22-20-52(21-23-53)54(66)51-71-43-41(64)39(62)37(60)30(26-56)68-43/h8,28-33,36-43,55-56,59-64H,9-26H2,1-7H3/b54-51-/t28-,29+,30+,31-,32+,33-,36+,37+,38-,39-,40+,41+,42-,43-,47-,48+,49+,50-/m0/s1. The van der Waals surface area contributed by atoms with Crippen LogP contribution in [0, 0.1) is 55.5 Å². The number of hydrazine groups is 1. The molecule has 0 radical (unpaired) electrons. The number of allylic oxidation sites excluding steroid dienone is 2. The lowest BCUT2D eigenvalue weighted by Crippen LogP contribution is -2.65. The van der Waals surface area contributed by atoms with Crippen molar-refractivity contribution >= 4 is 17.9 Å². The van der Waals surface area contributed by atoms with E-state index in [0.717, 1.165) is 44.9 Å². The number of hydroxylamine groups is 2. The summed E-state index contributed by atoms with van der Waals surface area (Å²) < 4.78 is 23.1. The van der Waals surface area contributed by atoms with Gasteiger partial charge in [-0.3, -0.25) is 14.4 Å². The minimum atomic E-state index is -1.74. The predicted molar refractivity (Wildman–Crippen MR) is 248 cm³/mol. The van der Waals surface area contributed by atoms with E-state index < -0.39 is 97.9 Å². The van der Waals surface area contributed by atoms with Crippen LogP contribution in [0.15, 0.2) is 16.9 Å². The molecule has 3 heterocycles. The zero-order valence-corrected chi connectivity index (χ0v) is 42.8. The van der Waals surface area contributed by atoms with E-state index in [1.807, 2.05) is 0 Å². The van der Waals surface area contributed by atoms with Crippen LogP contribution in [0.4, 0.5) is 0 Å². The maximum Gasteiger partial charge on any atom is 0.325 e. The molecular formula is C50H80N4O18. The van der Waals surface area contributed by atoms with E-state index in [2.05, 4.69) is 59.8 Å². The first-order valence-electron chi connectivity index (χ1n) is 26.0. The Morgan fingerprint density at radius 2 is 1.32 bits per heavy atom. The van der Waals surface area contributed by atoms with Crippen molar-refractivity contribution < 1.29 is 88.8 Å². The maximum absolute atomic E-state index is 14.6. The number of aliphatic hydroxyl groups excluding tert-OH is 8. The molecule has 18 atom stereocenters. The molecule has 8 aliphatic rings. The van der Waals surface area contributed by atoms with Gasteiger partial charge >= 0.3 is 17.9 Å². The fraction of sp³-hybridized carbons (Fsp3) is 0.900. The highest BCUT2D eigenvalue weighted by atomic mass is 16.8. The first-order valence-corrected chi connectivity index (χ1v) is 26.0. The Kier molecular flexibility index (Phi) is 15.5. The second-order valence-electron chi connectivity index (χ2n) is 24.3. The molecule has 8 N–H and O–H groups in total. The van der Waals surface area contributed by atoms with Crippen molar-refractivity contribution in [3.05, 3.63) is 16.9 Å². The van der Waals surface area contributed by atoms with Gasteiger partial charge in [-0.2, -0.15) is 0 Å². The van der Waals surface area contributed by atoms with Crippen molar-refractivity contribution in [3.8, 4) is 0 Å². The molecule has 0 amide bonds. The average molecular weight is 1030 g/mol. The highest BCUT2D eigenvalue weighted by Crippen LogP contribution is 2.76. The molecule has 3 saturated heterocycles. The molecule has 0 spiro atoms. The predicted octanol–water partition coefficient (Wildman–Crippen LogP) is 1.51. The van der Waals surface area contributed by atoms with Crippen LogP contribution < -0.4 is 0 Å². The van der Waals surface area contributed by atoms with Gasteiger partial charge in [0.05, 0.1) is 62.6 Å². The molecular weight excluding hydrogens is 945 g/mol. The summed E-state index contributed by atoms with van der Waals surface area (Å²) in [6, 6.07) is 0. The van der Waals surface area contributed by atoms with Gasteiger partial charge in [0.15, 0.2) is 0 Å². The van der Waals surface area contributed by atoms with Gasteiger partial charge in [-0.1, -0.05) is 60.1 Å². The highest BCUT2D eigenvalue weighted by molar-refractivity contribution is 5.79. The van der Waals surface area contributed by atoms with Gasteiger partial charge in [-0.25, -0.2) is 0 Å². The molecule has 0 aromatic heterocycles. The Hall–Kier alpha value is -3.29. The number of carbonyl (C=O) groups excluding carboxylic acids is 3. The molecule has 8 rings (SSSR count). The second kappa shape index (κ2) is 20.3. The lowest BCUT2D eigenvalue weighted by atomic mass is 9.33. The van der Waals surface area contributed by atoms with E-state index in [1.54, 1.807) is 0 Å². The number of carbonyl (C=O) groups is 3. The van der Waals surface area contributed by atoms with Gasteiger partial charge in [-0.15, -0.1) is 10.1 Å². The number of fused-ring (bicyclic) bond motifs is 7. The summed E-state index contributed by atoms with van der Waals surface area (Å²) in [6.07, 6.45) is -6.06. The lowest BCUT2D eigenvalue weighted by Gasteiger charge is -2.71. The number of nitrogens with zero attached hydrogens (tertiary/aromatic N) is 4. The third-order valence-corrected chi connectivity index (χ3v) is 19.6. The number of hydrogen-bond donors (Lipinski definition) is 8. The topological polar surface area (TPSA) is 313 Å². The smallest absolute Gasteiger partial charge is 0.325 e. The molecule has 4 saturated carbocycles. The summed E-state index contributed by atoms with van der Waals surface area (Å²) in [4.78, 5) is 51.6. The van der Waals surface area contributed by atoms with Crippen LogP contribution in [0.2, 0.25) is 0 Å². The Balaban J connectivity index is 0.860. The van der Waals surface area contributed by atoms with Crippen LogP contribution in [0.25, 0.3) is 0 Å². The molecule has 72 heavy (non-hydrogen) atoms. The van der Waals surface area contributed by atoms with Gasteiger partial charge in [0.25, 0.3) is 6.29 Å². The number of rotatable bonds is 12. The van der Waals surface area contributed by atoms with E-state index in [9.17, 15) is 60.4 Å². The van der Waals surface area contributed by atoms with E-state index in [4.69, 9.17) is 28.6 Å². The van der Waals surface area contributed by atoms with Crippen LogP contribution >= 0.6 is 0 Å². The van der Waals surface area contributed by atoms with Crippen molar-refractivity contribution in [1.29, 1.82) is 0 Å². The first-order chi connectivity index (χ1) is 33.8. The first kappa shape index (κ1) is 55.0. The number of esters is 2. The highest BCUT2D eigenvalue weighted by Gasteiger charge is 2.70. The van der Waals surface area contributed by atoms with Crippen LogP contribution in [-0.4, -0.2) is 181 Å². The second-order valence-corrected chi connectivity index (χ2v) is 24.3. The Morgan fingerprint density at radius 3 is 1.96 bits per heavy atom. The Morgan fingerprint density at radius 1 is 0.722 bits per heavy atom. The molecule has 5 aliphatic carbocycles. The molecule has 22 nitrogen and oxygen atoms in total. The van der Waals surface area contributed by atoms with Gasteiger partial charge in [0.1, 0.15) is 54.9 Å². The summed E-state index contributed by atoms with van der Waals surface area (Å²) in [5.74, 6) is -1.16. The largest absolute Gasteiger partial charge is 0.569 e. The van der Waals surface area contributed by atoms with Gasteiger partial charge in [0, 0.05) is 5.41 Å². The molecule has 7 fully saturated rings. The number of ether oxygens (including phenoxy) is 4. The van der Waals surface area contributed by atoms with Crippen molar-refractivity contribution in [3.63, 3.8) is 0 Å². The molecule has 0 bridgehead atoms. The van der Waals surface area contributed by atoms with Crippen molar-refractivity contribution in [2.45, 2.75) is 193 Å². The summed E-state index contributed by atoms with van der Waals surface area (Å²) in [5.41, 5.74) is -0.418. The lowest BCUT2D eigenvalue weighted by molar-refractivity contribution is -0.716. The van der Waals surface area contributed by atoms with Gasteiger partial charge < -0.3 is 74.7 Å². The van der Waals surface area contributed by atoms with Crippen LogP contribution in [0.3, 0.4) is 0 Å². The van der Waals surface area contributed by atoms with Crippen LogP contribution in [-0.2, 0) is 43.0 Å². The fourth-order valence-electron chi connectivity index (χ4n) is 15.0. The average Bonchev–Trinajstić information content (AvgIpc) is 3.33. The SMILES string of the molecule is CC1(C)CC[C@]2(C(=O)O[C@@H]3O[C@H](CO)[C@@H](O)[C@H](O)[C@H]3O)CC[C@]3(C)C(=CC[C@@H]4[C@@]5(C)CC[C@H](OC(=O)CCC(=O)ON6CCN(/[N+]([O-])=N/O[C@@H]7O[C@H](CO)[C@@H](O)[C@H](O)[C@H]7O)CC6)C(C)(C)[C@@H]5CC[C@]43C)[C@@H]2C1. The fourth-order valence-corrected chi connectivity index (χ4v) is 15.0. The van der Waals surface area contributed by atoms with Crippen molar-refractivity contribution in [1.82, 2.24) is 10.1 Å². The normalized spacial score (nSPS) is 45.0. The quantitative estimate of drug-likeness (QED) is 0.0452. The molecule has 0 unspecified atom stereocenters. The van der Waals surface area contributed by atoms with Crippen LogP contribution in [0.5, 0.6) is 0 Å².